The van der Waals surface area contributed by atoms with E-state index in [2.05, 4.69) is 43.4 Å². The van der Waals surface area contributed by atoms with Gasteiger partial charge in [0.25, 0.3) is 5.91 Å². The summed E-state index contributed by atoms with van der Waals surface area (Å²) in [4.78, 5) is 11.9. The van der Waals surface area contributed by atoms with Gasteiger partial charge < -0.3 is 9.73 Å². The van der Waals surface area contributed by atoms with Gasteiger partial charge in [-0.1, -0.05) is 5.10 Å². The highest BCUT2D eigenvalue weighted by molar-refractivity contribution is 14.1. The molecule has 0 saturated carbocycles. The summed E-state index contributed by atoms with van der Waals surface area (Å²) in [5.74, 6) is 0.307. The summed E-state index contributed by atoms with van der Waals surface area (Å²) < 4.78 is 6.51. The van der Waals surface area contributed by atoms with E-state index < -0.39 is 0 Å². The third kappa shape index (κ3) is 2.95. The van der Waals surface area contributed by atoms with Crippen LogP contribution in [0, 0.1) is 2.88 Å². The third-order valence-electron chi connectivity index (χ3n) is 2.85. The minimum absolute atomic E-state index is 0.111. The summed E-state index contributed by atoms with van der Waals surface area (Å²) in [5.41, 5.74) is 0.605. The SMILES string of the molecule is O=C(Nc1nnc(C2CCCN2)o1)c1csc(I)c1. The second-order valence-electron chi connectivity index (χ2n) is 4.19. The highest BCUT2D eigenvalue weighted by atomic mass is 127. The number of amides is 1. The van der Waals surface area contributed by atoms with Crippen LogP contribution < -0.4 is 10.6 Å². The minimum Gasteiger partial charge on any atom is -0.406 e. The second kappa shape index (κ2) is 5.55. The number of aromatic nitrogens is 2. The first-order valence-corrected chi connectivity index (χ1v) is 7.80. The highest BCUT2D eigenvalue weighted by Crippen LogP contribution is 2.23. The highest BCUT2D eigenvalue weighted by Gasteiger charge is 2.22. The molecule has 1 fully saturated rings. The molecule has 1 aliphatic heterocycles. The van der Waals surface area contributed by atoms with Gasteiger partial charge in [-0.25, -0.2) is 0 Å². The van der Waals surface area contributed by atoms with Gasteiger partial charge in [-0.05, 0) is 48.0 Å². The molecule has 1 unspecified atom stereocenters. The van der Waals surface area contributed by atoms with E-state index in [-0.39, 0.29) is 18.0 Å². The Bertz CT molecular complexity index is 591. The van der Waals surface area contributed by atoms with Crippen LogP contribution in [-0.2, 0) is 0 Å². The number of thiophene rings is 1. The summed E-state index contributed by atoms with van der Waals surface area (Å²) in [7, 11) is 0. The fourth-order valence-corrected chi connectivity index (χ4v) is 3.25. The monoisotopic (exact) mass is 390 g/mol. The van der Waals surface area contributed by atoms with Gasteiger partial charge in [-0.3, -0.25) is 10.1 Å². The van der Waals surface area contributed by atoms with E-state index in [1.807, 2.05) is 6.07 Å². The van der Waals surface area contributed by atoms with E-state index >= 15 is 0 Å². The molecule has 1 saturated heterocycles. The lowest BCUT2D eigenvalue weighted by Crippen LogP contribution is -2.13. The second-order valence-corrected chi connectivity index (χ2v) is 6.99. The van der Waals surface area contributed by atoms with E-state index in [4.69, 9.17) is 4.42 Å². The van der Waals surface area contributed by atoms with Crippen LogP contribution in [0.25, 0.3) is 0 Å². The number of hydrogen-bond acceptors (Lipinski definition) is 6. The van der Waals surface area contributed by atoms with Crippen molar-refractivity contribution in [2.24, 2.45) is 0 Å². The number of nitrogens with zero attached hydrogens (tertiary/aromatic N) is 2. The molecule has 0 radical (unpaired) electrons. The van der Waals surface area contributed by atoms with Crippen LogP contribution in [0.1, 0.15) is 35.1 Å². The fourth-order valence-electron chi connectivity index (χ4n) is 1.92. The molecule has 6 nitrogen and oxygen atoms in total. The van der Waals surface area contributed by atoms with E-state index in [1.165, 1.54) is 11.3 Å². The molecule has 3 heterocycles. The van der Waals surface area contributed by atoms with Crippen molar-refractivity contribution in [3.05, 3.63) is 25.8 Å². The van der Waals surface area contributed by atoms with Crippen molar-refractivity contribution in [3.63, 3.8) is 0 Å². The number of nitrogens with one attached hydrogen (secondary N) is 2. The zero-order valence-corrected chi connectivity index (χ0v) is 12.8. The van der Waals surface area contributed by atoms with Crippen LogP contribution in [-0.4, -0.2) is 22.6 Å². The number of carbonyl (C=O) groups is 1. The summed E-state index contributed by atoms with van der Waals surface area (Å²) in [6, 6.07) is 2.08. The van der Waals surface area contributed by atoms with Crippen LogP contribution in [0.5, 0.6) is 0 Å². The van der Waals surface area contributed by atoms with Crippen LogP contribution in [0.15, 0.2) is 15.9 Å². The maximum atomic E-state index is 11.9. The molecule has 2 aromatic rings. The Morgan fingerprint density at radius 2 is 2.47 bits per heavy atom. The number of carbonyl (C=O) groups excluding carboxylic acids is 1. The Hall–Kier alpha value is -1.00. The average Bonchev–Trinajstić information content (AvgIpc) is 3.07. The van der Waals surface area contributed by atoms with Crippen molar-refractivity contribution in [1.29, 1.82) is 0 Å². The van der Waals surface area contributed by atoms with E-state index in [9.17, 15) is 4.79 Å². The van der Waals surface area contributed by atoms with Crippen molar-refractivity contribution in [2.75, 3.05) is 11.9 Å². The lowest BCUT2D eigenvalue weighted by atomic mass is 10.2. The maximum absolute atomic E-state index is 11.9. The van der Waals surface area contributed by atoms with E-state index in [0.29, 0.717) is 11.5 Å². The first-order valence-electron chi connectivity index (χ1n) is 5.84. The Balaban J connectivity index is 1.68. The Kier molecular flexibility index (Phi) is 3.80. The lowest BCUT2D eigenvalue weighted by Gasteiger charge is -2.02. The standard InChI is InChI=1S/C11H11IN4O2S/c12-8-4-6(5-19-8)9(17)14-11-16-15-10(18-11)7-2-1-3-13-7/h4-5,7,13H,1-3H2,(H,14,16,17). The molecule has 19 heavy (non-hydrogen) atoms. The minimum atomic E-state index is -0.228. The largest absolute Gasteiger partial charge is 0.406 e. The molecule has 2 aromatic heterocycles. The summed E-state index contributed by atoms with van der Waals surface area (Å²) >= 11 is 3.69. The zero-order chi connectivity index (χ0) is 13.2. The van der Waals surface area contributed by atoms with Crippen molar-refractivity contribution in [1.82, 2.24) is 15.5 Å². The zero-order valence-electron chi connectivity index (χ0n) is 9.85. The van der Waals surface area contributed by atoms with Gasteiger partial charge >= 0.3 is 6.01 Å². The molecular formula is C11H11IN4O2S. The van der Waals surface area contributed by atoms with E-state index in [1.54, 1.807) is 5.38 Å². The summed E-state index contributed by atoms with van der Waals surface area (Å²) in [5, 5.41) is 15.5. The Morgan fingerprint density at radius 3 is 3.16 bits per heavy atom. The molecule has 0 bridgehead atoms. The smallest absolute Gasteiger partial charge is 0.322 e. The number of rotatable bonds is 3. The summed E-state index contributed by atoms with van der Waals surface area (Å²) in [6.45, 7) is 0.960. The predicted octanol–water partition coefficient (Wildman–Crippen LogP) is 2.41. The van der Waals surface area contributed by atoms with Crippen molar-refractivity contribution >= 4 is 45.8 Å². The molecule has 8 heteroatoms. The molecule has 0 aromatic carbocycles. The van der Waals surface area contributed by atoms with Gasteiger partial charge in [0.05, 0.1) is 14.5 Å². The molecule has 3 rings (SSSR count). The lowest BCUT2D eigenvalue weighted by molar-refractivity contribution is 0.102. The van der Waals surface area contributed by atoms with E-state index in [0.717, 1.165) is 22.3 Å². The first kappa shape index (κ1) is 13.0. The Labute approximate surface area is 127 Å². The van der Waals surface area contributed by atoms with Crippen molar-refractivity contribution in [3.8, 4) is 0 Å². The van der Waals surface area contributed by atoms with Gasteiger partial charge in [0, 0.05) is 5.38 Å². The fraction of sp³-hybridized carbons (Fsp3) is 0.364. The summed E-state index contributed by atoms with van der Waals surface area (Å²) in [6.07, 6.45) is 2.08. The molecular weight excluding hydrogens is 379 g/mol. The van der Waals surface area contributed by atoms with Gasteiger partial charge in [0.2, 0.25) is 5.89 Å². The number of anilines is 1. The Morgan fingerprint density at radius 1 is 1.58 bits per heavy atom. The molecule has 0 aliphatic carbocycles. The van der Waals surface area contributed by atoms with Crippen LogP contribution in [0.4, 0.5) is 6.01 Å². The van der Waals surface area contributed by atoms with Crippen LogP contribution in [0.2, 0.25) is 0 Å². The van der Waals surface area contributed by atoms with Crippen LogP contribution >= 0.6 is 33.9 Å². The average molecular weight is 390 g/mol. The third-order valence-corrected chi connectivity index (χ3v) is 4.64. The molecule has 0 spiro atoms. The molecule has 1 amide bonds. The molecule has 1 aliphatic rings. The molecule has 100 valence electrons. The van der Waals surface area contributed by atoms with Gasteiger partial charge in [-0.15, -0.1) is 16.4 Å². The van der Waals surface area contributed by atoms with Gasteiger partial charge in [0.1, 0.15) is 0 Å². The molecule has 1 atom stereocenters. The maximum Gasteiger partial charge on any atom is 0.322 e. The number of hydrogen-bond donors (Lipinski definition) is 2. The van der Waals surface area contributed by atoms with Gasteiger partial charge in [0.15, 0.2) is 0 Å². The van der Waals surface area contributed by atoms with Crippen molar-refractivity contribution in [2.45, 2.75) is 18.9 Å². The number of halogens is 1. The van der Waals surface area contributed by atoms with Crippen LogP contribution in [0.3, 0.4) is 0 Å². The molecule has 2 N–H and O–H groups in total. The quantitative estimate of drug-likeness (QED) is 0.787. The predicted molar refractivity (Wildman–Crippen MR) is 79.3 cm³/mol. The van der Waals surface area contributed by atoms with Gasteiger partial charge in [-0.2, -0.15) is 0 Å². The normalized spacial score (nSPS) is 18.7. The first-order chi connectivity index (χ1) is 9.22. The van der Waals surface area contributed by atoms with Crippen molar-refractivity contribution < 1.29 is 9.21 Å². The topological polar surface area (TPSA) is 80.0 Å².